The summed E-state index contributed by atoms with van der Waals surface area (Å²) >= 11 is 0. The lowest BCUT2D eigenvalue weighted by Gasteiger charge is -2.14. The molecule has 0 radical (unpaired) electrons. The van der Waals surface area contributed by atoms with Crippen molar-refractivity contribution in [2.45, 2.75) is 26.4 Å². The lowest BCUT2D eigenvalue weighted by molar-refractivity contribution is -0.114. The molecule has 1 amide bonds. The fourth-order valence-electron chi connectivity index (χ4n) is 2.88. The van der Waals surface area contributed by atoms with Crippen molar-refractivity contribution in [3.8, 4) is 17.2 Å². The molecule has 0 spiro atoms. The highest BCUT2D eigenvalue weighted by Crippen LogP contribution is 2.24. The van der Waals surface area contributed by atoms with Crippen molar-refractivity contribution in [3.63, 3.8) is 0 Å². The van der Waals surface area contributed by atoms with Crippen LogP contribution in [-0.4, -0.2) is 31.8 Å². The Bertz CT molecular complexity index is 961. The molecule has 6 nitrogen and oxygen atoms in total. The van der Waals surface area contributed by atoms with Crippen LogP contribution < -0.4 is 24.8 Å². The van der Waals surface area contributed by atoms with Crippen LogP contribution in [0.4, 0.5) is 11.4 Å². The Morgan fingerprint density at radius 2 is 1.53 bits per heavy atom. The van der Waals surface area contributed by atoms with Crippen molar-refractivity contribution in [2.75, 3.05) is 30.4 Å². The third-order valence-corrected chi connectivity index (χ3v) is 4.73. The molecule has 3 rings (SSSR count). The number of anilines is 2. The number of benzene rings is 3. The van der Waals surface area contributed by atoms with Crippen LogP contribution in [0.25, 0.3) is 0 Å². The molecule has 0 aromatic heterocycles. The first-order valence-electron chi connectivity index (χ1n) is 10.8. The maximum absolute atomic E-state index is 12.4. The first-order valence-corrected chi connectivity index (χ1v) is 10.8. The molecule has 1 atom stereocenters. The van der Waals surface area contributed by atoms with E-state index >= 15 is 0 Å². The Kier molecular flexibility index (Phi) is 8.80. The quantitative estimate of drug-likeness (QED) is 0.375. The topological polar surface area (TPSA) is 68.8 Å². The van der Waals surface area contributed by atoms with E-state index in [-0.39, 0.29) is 18.6 Å². The molecule has 3 aromatic carbocycles. The lowest BCUT2D eigenvalue weighted by Crippen LogP contribution is -2.22. The normalized spacial score (nSPS) is 11.3. The zero-order valence-corrected chi connectivity index (χ0v) is 18.5. The molecule has 168 valence electrons. The largest absolute Gasteiger partial charge is 0.491 e. The van der Waals surface area contributed by atoms with E-state index in [4.69, 9.17) is 14.2 Å². The maximum Gasteiger partial charge on any atom is 0.243 e. The predicted molar refractivity (Wildman–Crippen MR) is 128 cm³/mol. The van der Waals surface area contributed by atoms with Crippen LogP contribution in [0, 0.1) is 0 Å². The van der Waals surface area contributed by atoms with Crippen molar-refractivity contribution in [1.29, 1.82) is 0 Å². The monoisotopic (exact) mass is 434 g/mol. The Balaban J connectivity index is 1.44. The number of para-hydroxylation sites is 3. The Hall–Kier alpha value is -3.67. The average molecular weight is 435 g/mol. The van der Waals surface area contributed by atoms with Gasteiger partial charge in [0.15, 0.2) is 0 Å². The summed E-state index contributed by atoms with van der Waals surface area (Å²) in [6.07, 6.45) is 1.10. The zero-order valence-electron chi connectivity index (χ0n) is 18.5. The van der Waals surface area contributed by atoms with Gasteiger partial charge in [0.25, 0.3) is 0 Å². The Morgan fingerprint density at radius 3 is 2.28 bits per heavy atom. The number of carbonyl (C=O) groups is 1. The minimum Gasteiger partial charge on any atom is -0.491 e. The summed E-state index contributed by atoms with van der Waals surface area (Å²) in [5.41, 5.74) is 1.47. The van der Waals surface area contributed by atoms with E-state index in [9.17, 15) is 4.79 Å². The third-order valence-electron chi connectivity index (χ3n) is 4.73. The van der Waals surface area contributed by atoms with Gasteiger partial charge in [-0.25, -0.2) is 0 Å². The predicted octanol–water partition coefficient (Wildman–Crippen LogP) is 5.37. The van der Waals surface area contributed by atoms with Gasteiger partial charge in [-0.1, -0.05) is 37.3 Å². The second-order valence-electron chi connectivity index (χ2n) is 7.27. The number of amides is 1. The van der Waals surface area contributed by atoms with Crippen LogP contribution in [0.5, 0.6) is 17.2 Å². The van der Waals surface area contributed by atoms with Crippen molar-refractivity contribution >= 4 is 17.3 Å². The smallest absolute Gasteiger partial charge is 0.243 e. The van der Waals surface area contributed by atoms with E-state index in [1.807, 2.05) is 85.8 Å². The van der Waals surface area contributed by atoms with Gasteiger partial charge in [-0.05, 0) is 61.9 Å². The van der Waals surface area contributed by atoms with E-state index in [0.717, 1.165) is 29.3 Å². The molecule has 0 saturated carbocycles. The molecule has 0 aliphatic heterocycles. The molecular formula is C26H30N2O4. The summed E-state index contributed by atoms with van der Waals surface area (Å²) in [6.45, 7) is 5.04. The molecule has 0 aliphatic carbocycles. The number of hydrogen-bond donors (Lipinski definition) is 2. The second kappa shape index (κ2) is 12.2. The molecular weight excluding hydrogens is 404 g/mol. The molecule has 0 heterocycles. The molecule has 6 heteroatoms. The molecule has 32 heavy (non-hydrogen) atoms. The minimum atomic E-state index is -0.150. The van der Waals surface area contributed by atoms with Crippen LogP contribution in [0.15, 0.2) is 78.9 Å². The number of hydrogen-bond acceptors (Lipinski definition) is 5. The van der Waals surface area contributed by atoms with Crippen LogP contribution in [0.2, 0.25) is 0 Å². The zero-order chi connectivity index (χ0) is 22.6. The summed E-state index contributed by atoms with van der Waals surface area (Å²) < 4.78 is 17.2. The SMILES string of the molecule is CCC(C)Oc1ccc(NC(=O)CNc2ccccc2OCCOc2ccccc2)cc1. The second-order valence-corrected chi connectivity index (χ2v) is 7.27. The summed E-state index contributed by atoms with van der Waals surface area (Å²) in [7, 11) is 0. The van der Waals surface area contributed by atoms with E-state index in [0.29, 0.717) is 19.0 Å². The van der Waals surface area contributed by atoms with Gasteiger partial charge in [0.05, 0.1) is 18.3 Å². The van der Waals surface area contributed by atoms with E-state index in [1.165, 1.54) is 0 Å². The van der Waals surface area contributed by atoms with Gasteiger partial charge >= 0.3 is 0 Å². The summed E-state index contributed by atoms with van der Waals surface area (Å²) in [6, 6.07) is 24.5. The fourth-order valence-corrected chi connectivity index (χ4v) is 2.88. The van der Waals surface area contributed by atoms with Gasteiger partial charge in [-0.15, -0.1) is 0 Å². The van der Waals surface area contributed by atoms with Crippen molar-refractivity contribution in [1.82, 2.24) is 0 Å². The minimum absolute atomic E-state index is 0.117. The Morgan fingerprint density at radius 1 is 0.844 bits per heavy atom. The number of carbonyl (C=O) groups excluding carboxylic acids is 1. The van der Waals surface area contributed by atoms with E-state index in [2.05, 4.69) is 17.6 Å². The van der Waals surface area contributed by atoms with E-state index in [1.54, 1.807) is 0 Å². The number of ether oxygens (including phenoxy) is 3. The molecule has 0 aliphatic rings. The first-order chi connectivity index (χ1) is 15.6. The van der Waals surface area contributed by atoms with Gasteiger partial charge in [-0.3, -0.25) is 4.79 Å². The number of rotatable bonds is 12. The van der Waals surface area contributed by atoms with Crippen LogP contribution >= 0.6 is 0 Å². The molecule has 0 bridgehead atoms. The molecule has 0 fully saturated rings. The fraction of sp³-hybridized carbons (Fsp3) is 0.269. The highest BCUT2D eigenvalue weighted by molar-refractivity contribution is 5.94. The summed E-state index contributed by atoms with van der Waals surface area (Å²) in [4.78, 5) is 12.4. The molecule has 3 aromatic rings. The molecule has 0 saturated heterocycles. The maximum atomic E-state index is 12.4. The van der Waals surface area contributed by atoms with Crippen LogP contribution in [-0.2, 0) is 4.79 Å². The van der Waals surface area contributed by atoms with Gasteiger partial charge in [0.2, 0.25) is 5.91 Å². The standard InChI is InChI=1S/C26H30N2O4/c1-3-20(2)32-23-15-13-21(14-16-23)28-26(29)19-27-24-11-7-8-12-25(24)31-18-17-30-22-9-5-4-6-10-22/h4-16,20,27H,3,17-19H2,1-2H3,(H,28,29). The van der Waals surface area contributed by atoms with Crippen LogP contribution in [0.1, 0.15) is 20.3 Å². The van der Waals surface area contributed by atoms with Crippen molar-refractivity contribution < 1.29 is 19.0 Å². The number of nitrogens with one attached hydrogen (secondary N) is 2. The van der Waals surface area contributed by atoms with Gasteiger partial charge in [0, 0.05) is 5.69 Å². The average Bonchev–Trinajstić information content (AvgIpc) is 2.83. The molecule has 2 N–H and O–H groups in total. The summed E-state index contributed by atoms with van der Waals surface area (Å²) in [5, 5.41) is 6.01. The van der Waals surface area contributed by atoms with Gasteiger partial charge in [-0.2, -0.15) is 0 Å². The third kappa shape index (κ3) is 7.54. The van der Waals surface area contributed by atoms with E-state index < -0.39 is 0 Å². The van der Waals surface area contributed by atoms with Gasteiger partial charge < -0.3 is 24.8 Å². The highest BCUT2D eigenvalue weighted by atomic mass is 16.5. The van der Waals surface area contributed by atoms with Crippen molar-refractivity contribution in [2.24, 2.45) is 0 Å². The highest BCUT2D eigenvalue weighted by Gasteiger charge is 2.07. The summed E-state index contributed by atoms with van der Waals surface area (Å²) in [5.74, 6) is 2.11. The van der Waals surface area contributed by atoms with Crippen LogP contribution in [0.3, 0.4) is 0 Å². The molecule has 1 unspecified atom stereocenters. The first kappa shape index (κ1) is 23.0. The van der Waals surface area contributed by atoms with Gasteiger partial charge in [0.1, 0.15) is 30.5 Å². The lowest BCUT2D eigenvalue weighted by atomic mass is 10.2. The Labute approximate surface area is 189 Å². The van der Waals surface area contributed by atoms with Crippen molar-refractivity contribution in [3.05, 3.63) is 78.9 Å².